The predicted molar refractivity (Wildman–Crippen MR) is 109 cm³/mol. The normalized spacial score (nSPS) is 15.8. The van der Waals surface area contributed by atoms with Gasteiger partial charge in [0.2, 0.25) is 5.91 Å². The van der Waals surface area contributed by atoms with Crippen LogP contribution in [0.1, 0.15) is 37.3 Å². The van der Waals surface area contributed by atoms with E-state index in [4.69, 9.17) is 0 Å². The third kappa shape index (κ3) is 4.73. The van der Waals surface area contributed by atoms with Gasteiger partial charge in [0.25, 0.3) is 0 Å². The third-order valence-electron chi connectivity index (χ3n) is 5.33. The molecule has 1 aliphatic rings. The zero-order valence-corrected chi connectivity index (χ0v) is 16.0. The number of aryl methyl sites for hydroxylation is 1. The van der Waals surface area contributed by atoms with Crippen molar-refractivity contribution in [3.8, 4) is 0 Å². The lowest BCUT2D eigenvalue weighted by Crippen LogP contribution is -2.48. The van der Waals surface area contributed by atoms with Gasteiger partial charge >= 0.3 is 0 Å². The molecular formula is C23H30N2O. The number of piperidine rings is 1. The molecule has 0 aliphatic carbocycles. The molecule has 3 rings (SSSR count). The van der Waals surface area contributed by atoms with Crippen LogP contribution >= 0.6 is 0 Å². The van der Waals surface area contributed by atoms with Gasteiger partial charge in [-0.15, -0.1) is 0 Å². The Hall–Kier alpha value is -2.13. The monoisotopic (exact) mass is 350 g/mol. The molecule has 26 heavy (non-hydrogen) atoms. The van der Waals surface area contributed by atoms with Gasteiger partial charge in [0.15, 0.2) is 0 Å². The van der Waals surface area contributed by atoms with Crippen molar-refractivity contribution in [1.82, 2.24) is 4.90 Å². The zero-order valence-electron chi connectivity index (χ0n) is 16.0. The first kappa shape index (κ1) is 18.7. The molecule has 0 radical (unpaired) electrons. The minimum absolute atomic E-state index is 0.235. The minimum atomic E-state index is 0.235. The number of amides is 1. The van der Waals surface area contributed by atoms with Crippen molar-refractivity contribution in [2.75, 3.05) is 24.5 Å². The summed E-state index contributed by atoms with van der Waals surface area (Å²) >= 11 is 0. The van der Waals surface area contributed by atoms with Crippen LogP contribution in [-0.2, 0) is 11.2 Å². The maximum Gasteiger partial charge on any atom is 0.226 e. The number of carbonyl (C=O) groups excluding carboxylic acids is 1. The van der Waals surface area contributed by atoms with E-state index in [9.17, 15) is 4.79 Å². The average molecular weight is 351 g/mol. The summed E-state index contributed by atoms with van der Waals surface area (Å²) in [5, 5.41) is 0. The van der Waals surface area contributed by atoms with E-state index in [1.807, 2.05) is 6.92 Å². The fraction of sp³-hybridized carbons (Fsp3) is 0.435. The van der Waals surface area contributed by atoms with Crippen LogP contribution in [0.25, 0.3) is 0 Å². The van der Waals surface area contributed by atoms with Crippen molar-refractivity contribution < 1.29 is 4.79 Å². The molecule has 138 valence electrons. The van der Waals surface area contributed by atoms with Gasteiger partial charge in [-0.2, -0.15) is 0 Å². The van der Waals surface area contributed by atoms with Gasteiger partial charge in [-0.25, -0.2) is 0 Å². The lowest BCUT2D eigenvalue weighted by atomic mass is 10.0. The molecule has 2 aromatic carbocycles. The molecule has 0 N–H and O–H groups in total. The topological polar surface area (TPSA) is 23.6 Å². The molecule has 0 bridgehead atoms. The molecule has 2 aromatic rings. The molecule has 3 nitrogen and oxygen atoms in total. The van der Waals surface area contributed by atoms with Crippen LogP contribution in [0.5, 0.6) is 0 Å². The van der Waals surface area contributed by atoms with E-state index in [1.165, 1.54) is 11.1 Å². The Kier molecular flexibility index (Phi) is 6.45. The quantitative estimate of drug-likeness (QED) is 0.769. The Balaban J connectivity index is 1.60. The lowest BCUT2D eigenvalue weighted by Gasteiger charge is -2.38. The van der Waals surface area contributed by atoms with Crippen LogP contribution < -0.4 is 4.90 Å². The summed E-state index contributed by atoms with van der Waals surface area (Å²) in [5.74, 6) is 0.235. The second kappa shape index (κ2) is 9.00. The molecule has 1 heterocycles. The predicted octanol–water partition coefficient (Wildman–Crippen LogP) is 4.45. The van der Waals surface area contributed by atoms with E-state index in [1.54, 1.807) is 0 Å². The third-order valence-corrected chi connectivity index (χ3v) is 5.33. The number of likely N-dealkylation sites (tertiary alicyclic amines) is 1. The van der Waals surface area contributed by atoms with E-state index in [0.29, 0.717) is 12.5 Å². The number of carbonyl (C=O) groups is 1. The highest BCUT2D eigenvalue weighted by molar-refractivity contribution is 5.93. The summed E-state index contributed by atoms with van der Waals surface area (Å²) in [5.41, 5.74) is 3.66. The van der Waals surface area contributed by atoms with E-state index in [0.717, 1.165) is 44.6 Å². The number of hydrogen-bond donors (Lipinski definition) is 0. The highest BCUT2D eigenvalue weighted by Crippen LogP contribution is 2.25. The van der Waals surface area contributed by atoms with E-state index in [-0.39, 0.29) is 5.91 Å². The van der Waals surface area contributed by atoms with Crippen LogP contribution in [0.3, 0.4) is 0 Å². The second-order valence-electron chi connectivity index (χ2n) is 7.26. The van der Waals surface area contributed by atoms with Gasteiger partial charge in [0.1, 0.15) is 0 Å². The smallest absolute Gasteiger partial charge is 0.226 e. The maximum absolute atomic E-state index is 12.6. The van der Waals surface area contributed by atoms with Gasteiger partial charge < -0.3 is 9.80 Å². The molecule has 1 saturated heterocycles. The summed E-state index contributed by atoms with van der Waals surface area (Å²) < 4.78 is 0. The Morgan fingerprint density at radius 1 is 1.08 bits per heavy atom. The average Bonchev–Trinajstić information content (AvgIpc) is 2.68. The maximum atomic E-state index is 12.6. The molecule has 0 atom stereocenters. The SMILES string of the molecule is CCC(=O)N(c1cccc(C)c1)C1CCN(CCc2ccccc2)CC1. The van der Waals surface area contributed by atoms with Crippen molar-refractivity contribution in [1.29, 1.82) is 0 Å². The summed E-state index contributed by atoms with van der Waals surface area (Å²) in [7, 11) is 0. The number of nitrogens with zero attached hydrogens (tertiary/aromatic N) is 2. The molecule has 0 unspecified atom stereocenters. The summed E-state index contributed by atoms with van der Waals surface area (Å²) in [6, 6.07) is 19.3. The zero-order chi connectivity index (χ0) is 18.4. The van der Waals surface area contributed by atoms with Crippen LogP contribution in [0.4, 0.5) is 5.69 Å². The van der Waals surface area contributed by atoms with Crippen molar-refractivity contribution in [2.45, 2.75) is 45.6 Å². The number of anilines is 1. The summed E-state index contributed by atoms with van der Waals surface area (Å²) in [4.78, 5) is 17.2. The van der Waals surface area contributed by atoms with Crippen molar-refractivity contribution >= 4 is 11.6 Å². The van der Waals surface area contributed by atoms with Crippen molar-refractivity contribution in [3.05, 3.63) is 65.7 Å². The summed E-state index contributed by atoms with van der Waals surface area (Å²) in [6.45, 7) is 7.28. The van der Waals surface area contributed by atoms with Crippen LogP contribution in [0.2, 0.25) is 0 Å². The Bertz CT molecular complexity index is 705. The fourth-order valence-electron chi connectivity index (χ4n) is 3.84. The first-order valence-corrected chi connectivity index (χ1v) is 9.82. The summed E-state index contributed by atoms with van der Waals surface area (Å²) in [6.07, 6.45) is 3.76. The first-order valence-electron chi connectivity index (χ1n) is 9.82. The first-order chi connectivity index (χ1) is 12.7. The highest BCUT2D eigenvalue weighted by atomic mass is 16.2. The van der Waals surface area contributed by atoms with E-state index >= 15 is 0 Å². The molecule has 1 aliphatic heterocycles. The largest absolute Gasteiger partial charge is 0.309 e. The van der Waals surface area contributed by atoms with Gasteiger partial charge in [0.05, 0.1) is 0 Å². The Labute approximate surface area is 157 Å². The molecular weight excluding hydrogens is 320 g/mol. The van der Waals surface area contributed by atoms with Crippen LogP contribution in [-0.4, -0.2) is 36.5 Å². The van der Waals surface area contributed by atoms with E-state index < -0.39 is 0 Å². The molecule has 3 heteroatoms. The van der Waals surface area contributed by atoms with Gasteiger partial charge in [-0.3, -0.25) is 4.79 Å². The van der Waals surface area contributed by atoms with Gasteiger partial charge in [-0.1, -0.05) is 49.4 Å². The van der Waals surface area contributed by atoms with Crippen LogP contribution in [0, 0.1) is 6.92 Å². The van der Waals surface area contributed by atoms with Crippen LogP contribution in [0.15, 0.2) is 54.6 Å². The van der Waals surface area contributed by atoms with Gasteiger partial charge in [-0.05, 0) is 49.4 Å². The van der Waals surface area contributed by atoms with E-state index in [2.05, 4.69) is 71.3 Å². The molecule has 1 fully saturated rings. The minimum Gasteiger partial charge on any atom is -0.309 e. The number of rotatable bonds is 6. The lowest BCUT2D eigenvalue weighted by molar-refractivity contribution is -0.119. The second-order valence-corrected chi connectivity index (χ2v) is 7.26. The molecule has 1 amide bonds. The molecule has 0 spiro atoms. The number of benzene rings is 2. The molecule has 0 aromatic heterocycles. The van der Waals surface area contributed by atoms with Crippen molar-refractivity contribution in [2.24, 2.45) is 0 Å². The van der Waals surface area contributed by atoms with Crippen molar-refractivity contribution in [3.63, 3.8) is 0 Å². The Morgan fingerprint density at radius 2 is 1.81 bits per heavy atom. The highest BCUT2D eigenvalue weighted by Gasteiger charge is 2.28. The molecule has 0 saturated carbocycles. The van der Waals surface area contributed by atoms with Gasteiger partial charge in [0, 0.05) is 37.8 Å². The standard InChI is InChI=1S/C23H30N2O/c1-3-23(26)25(22-11-7-8-19(2)18-22)21-13-16-24(17-14-21)15-12-20-9-5-4-6-10-20/h4-11,18,21H,3,12-17H2,1-2H3. The number of hydrogen-bond acceptors (Lipinski definition) is 2. The fourth-order valence-corrected chi connectivity index (χ4v) is 3.84. The Morgan fingerprint density at radius 3 is 2.46 bits per heavy atom.